The van der Waals surface area contributed by atoms with E-state index in [1.807, 2.05) is 0 Å². The third kappa shape index (κ3) is 6.03. The number of carbonyl (C=O) groups is 1. The van der Waals surface area contributed by atoms with Crippen LogP contribution in [0.2, 0.25) is 0 Å². The van der Waals surface area contributed by atoms with E-state index in [1.165, 1.54) is 6.42 Å². The number of hydrogen-bond donors (Lipinski definition) is 2. The molecule has 2 atom stereocenters. The van der Waals surface area contributed by atoms with Gasteiger partial charge in [0.1, 0.15) is 0 Å². The Labute approximate surface area is 104 Å². The Bertz CT molecular complexity index is 221. The summed E-state index contributed by atoms with van der Waals surface area (Å²) in [7, 11) is 1.73. The van der Waals surface area contributed by atoms with Gasteiger partial charge >= 0.3 is 5.97 Å². The Morgan fingerprint density at radius 1 is 1.35 bits per heavy atom. The summed E-state index contributed by atoms with van der Waals surface area (Å²) in [6.45, 7) is 1.84. The third-order valence-corrected chi connectivity index (χ3v) is 3.48. The number of rotatable bonds is 8. The molecule has 2 unspecified atom stereocenters. The van der Waals surface area contributed by atoms with Crippen LogP contribution < -0.4 is 5.32 Å². The zero-order valence-electron chi connectivity index (χ0n) is 10.8. The molecule has 0 saturated heterocycles. The highest BCUT2D eigenvalue weighted by molar-refractivity contribution is 5.70. The standard InChI is InChI=1S/C13H25NO3/c1-17-9-4-2-3-8-14-12-7-5-6-11(10-12)13(15)16/h11-12,14H,2-10H2,1H3,(H,15,16). The lowest BCUT2D eigenvalue weighted by Gasteiger charge is -2.27. The van der Waals surface area contributed by atoms with Gasteiger partial charge < -0.3 is 15.2 Å². The second-order valence-corrected chi connectivity index (χ2v) is 4.91. The van der Waals surface area contributed by atoms with Gasteiger partial charge in [0.25, 0.3) is 0 Å². The molecule has 0 bridgehead atoms. The Kier molecular flexibility index (Phi) is 7.21. The Hall–Kier alpha value is -0.610. The Balaban J connectivity index is 2.04. The summed E-state index contributed by atoms with van der Waals surface area (Å²) in [6, 6.07) is 0.410. The molecule has 0 amide bonds. The Morgan fingerprint density at radius 2 is 2.18 bits per heavy atom. The van der Waals surface area contributed by atoms with E-state index < -0.39 is 5.97 Å². The number of carboxylic acids is 1. The van der Waals surface area contributed by atoms with Crippen molar-refractivity contribution in [2.45, 2.75) is 51.0 Å². The van der Waals surface area contributed by atoms with Crippen LogP contribution in [0, 0.1) is 5.92 Å². The van der Waals surface area contributed by atoms with Crippen LogP contribution in [0.5, 0.6) is 0 Å². The molecule has 4 nitrogen and oxygen atoms in total. The average molecular weight is 243 g/mol. The molecule has 4 heteroatoms. The van der Waals surface area contributed by atoms with Crippen molar-refractivity contribution in [1.29, 1.82) is 0 Å². The van der Waals surface area contributed by atoms with Crippen LogP contribution in [0.4, 0.5) is 0 Å². The van der Waals surface area contributed by atoms with E-state index in [9.17, 15) is 4.79 Å². The molecule has 0 aliphatic heterocycles. The third-order valence-electron chi connectivity index (χ3n) is 3.48. The van der Waals surface area contributed by atoms with Gasteiger partial charge in [0.05, 0.1) is 5.92 Å². The summed E-state index contributed by atoms with van der Waals surface area (Å²) in [6.07, 6.45) is 7.25. The van der Waals surface area contributed by atoms with Crippen molar-refractivity contribution in [3.05, 3.63) is 0 Å². The minimum Gasteiger partial charge on any atom is -0.481 e. The van der Waals surface area contributed by atoms with Gasteiger partial charge in [-0.3, -0.25) is 4.79 Å². The molecule has 2 N–H and O–H groups in total. The highest BCUT2D eigenvalue weighted by Crippen LogP contribution is 2.24. The van der Waals surface area contributed by atoms with Crippen LogP contribution in [0.3, 0.4) is 0 Å². The quantitative estimate of drug-likeness (QED) is 0.640. The van der Waals surface area contributed by atoms with Crippen LogP contribution in [-0.2, 0) is 9.53 Å². The average Bonchev–Trinajstić information content (AvgIpc) is 2.34. The van der Waals surface area contributed by atoms with Crippen LogP contribution in [0.25, 0.3) is 0 Å². The van der Waals surface area contributed by atoms with E-state index >= 15 is 0 Å². The van der Waals surface area contributed by atoms with E-state index in [4.69, 9.17) is 9.84 Å². The van der Waals surface area contributed by atoms with Crippen molar-refractivity contribution in [2.24, 2.45) is 5.92 Å². The molecule has 0 heterocycles. The SMILES string of the molecule is COCCCCCNC1CCCC(C(=O)O)C1. The smallest absolute Gasteiger partial charge is 0.306 e. The normalized spacial score (nSPS) is 24.8. The van der Waals surface area contributed by atoms with Gasteiger partial charge in [-0.15, -0.1) is 0 Å². The van der Waals surface area contributed by atoms with E-state index in [1.54, 1.807) is 7.11 Å². The summed E-state index contributed by atoms with van der Waals surface area (Å²) in [5.41, 5.74) is 0. The minimum absolute atomic E-state index is 0.130. The molecule has 0 aromatic rings. The van der Waals surface area contributed by atoms with Crippen molar-refractivity contribution in [3.8, 4) is 0 Å². The molecular formula is C13H25NO3. The van der Waals surface area contributed by atoms with Crippen LogP contribution >= 0.6 is 0 Å². The van der Waals surface area contributed by atoms with Crippen molar-refractivity contribution in [3.63, 3.8) is 0 Å². The predicted octanol–water partition coefficient (Wildman–Crippen LogP) is 2.04. The minimum atomic E-state index is -0.628. The molecule has 1 aliphatic rings. The maximum atomic E-state index is 10.9. The second kappa shape index (κ2) is 8.48. The zero-order chi connectivity index (χ0) is 12.5. The largest absolute Gasteiger partial charge is 0.481 e. The van der Waals surface area contributed by atoms with Gasteiger partial charge in [-0.25, -0.2) is 0 Å². The van der Waals surface area contributed by atoms with Crippen molar-refractivity contribution >= 4 is 5.97 Å². The van der Waals surface area contributed by atoms with Gasteiger partial charge in [-0.1, -0.05) is 6.42 Å². The summed E-state index contributed by atoms with van der Waals surface area (Å²) < 4.78 is 4.99. The summed E-state index contributed by atoms with van der Waals surface area (Å²) in [5.74, 6) is -0.758. The molecule has 1 saturated carbocycles. The van der Waals surface area contributed by atoms with E-state index in [-0.39, 0.29) is 5.92 Å². The van der Waals surface area contributed by atoms with Crippen LogP contribution in [0.15, 0.2) is 0 Å². The van der Waals surface area contributed by atoms with Crippen LogP contribution in [0.1, 0.15) is 44.9 Å². The molecule has 100 valence electrons. The summed E-state index contributed by atoms with van der Waals surface area (Å²) in [4.78, 5) is 10.9. The molecule has 0 radical (unpaired) electrons. The van der Waals surface area contributed by atoms with E-state index in [0.717, 1.165) is 51.7 Å². The summed E-state index contributed by atoms with van der Waals surface area (Å²) >= 11 is 0. The highest BCUT2D eigenvalue weighted by atomic mass is 16.5. The summed E-state index contributed by atoms with van der Waals surface area (Å²) in [5, 5.41) is 12.5. The van der Waals surface area contributed by atoms with Gasteiger partial charge in [0, 0.05) is 19.8 Å². The fraction of sp³-hybridized carbons (Fsp3) is 0.923. The zero-order valence-corrected chi connectivity index (χ0v) is 10.8. The fourth-order valence-electron chi connectivity index (χ4n) is 2.45. The lowest BCUT2D eigenvalue weighted by molar-refractivity contribution is -0.143. The molecule has 1 fully saturated rings. The van der Waals surface area contributed by atoms with Crippen molar-refractivity contribution < 1.29 is 14.6 Å². The van der Waals surface area contributed by atoms with Crippen molar-refractivity contribution in [2.75, 3.05) is 20.3 Å². The van der Waals surface area contributed by atoms with Crippen molar-refractivity contribution in [1.82, 2.24) is 5.32 Å². The number of hydrogen-bond acceptors (Lipinski definition) is 3. The lowest BCUT2D eigenvalue weighted by atomic mass is 9.86. The van der Waals surface area contributed by atoms with Gasteiger partial charge in [0.15, 0.2) is 0 Å². The molecule has 0 spiro atoms. The van der Waals surface area contributed by atoms with E-state index in [0.29, 0.717) is 6.04 Å². The topological polar surface area (TPSA) is 58.6 Å². The molecule has 0 aromatic heterocycles. The molecule has 1 aliphatic carbocycles. The Morgan fingerprint density at radius 3 is 2.88 bits per heavy atom. The lowest BCUT2D eigenvalue weighted by Crippen LogP contribution is -2.36. The fourth-order valence-corrected chi connectivity index (χ4v) is 2.45. The number of methoxy groups -OCH3 is 1. The van der Waals surface area contributed by atoms with Gasteiger partial charge in [-0.2, -0.15) is 0 Å². The predicted molar refractivity (Wildman–Crippen MR) is 67.1 cm³/mol. The number of unbranched alkanes of at least 4 members (excludes halogenated alkanes) is 2. The second-order valence-electron chi connectivity index (χ2n) is 4.91. The highest BCUT2D eigenvalue weighted by Gasteiger charge is 2.26. The monoisotopic (exact) mass is 243 g/mol. The molecular weight excluding hydrogens is 218 g/mol. The number of nitrogens with one attached hydrogen (secondary N) is 1. The molecule has 0 aromatic carbocycles. The maximum absolute atomic E-state index is 10.9. The van der Waals surface area contributed by atoms with Gasteiger partial charge in [-0.05, 0) is 45.1 Å². The number of aliphatic carboxylic acids is 1. The van der Waals surface area contributed by atoms with E-state index in [2.05, 4.69) is 5.32 Å². The first-order chi connectivity index (χ1) is 8.24. The molecule has 17 heavy (non-hydrogen) atoms. The number of carboxylic acid groups (broad SMARTS) is 1. The first-order valence-electron chi connectivity index (χ1n) is 6.69. The molecule has 1 rings (SSSR count). The first-order valence-corrected chi connectivity index (χ1v) is 6.69. The van der Waals surface area contributed by atoms with Gasteiger partial charge in [0.2, 0.25) is 0 Å². The number of ether oxygens (including phenoxy) is 1. The first kappa shape index (κ1) is 14.5. The maximum Gasteiger partial charge on any atom is 0.306 e. The van der Waals surface area contributed by atoms with Crippen LogP contribution in [-0.4, -0.2) is 37.4 Å².